The number of carbonyl (C=O) groups is 3. The SMILES string of the molecule is Cc1ccc(C(=O)[C@H](C)OC(=O)CNC(=O)c2ccc(C(F)(F)F)cc2)cc1. The van der Waals surface area contributed by atoms with Gasteiger partial charge in [0.05, 0.1) is 5.56 Å². The minimum absolute atomic E-state index is 0.0374. The van der Waals surface area contributed by atoms with Crippen LogP contribution in [0, 0.1) is 6.92 Å². The first kappa shape index (κ1) is 21.1. The second kappa shape index (κ2) is 8.69. The van der Waals surface area contributed by atoms with Crippen molar-refractivity contribution in [3.05, 3.63) is 70.8 Å². The van der Waals surface area contributed by atoms with Gasteiger partial charge in [-0.25, -0.2) is 0 Å². The van der Waals surface area contributed by atoms with Crippen molar-refractivity contribution in [3.8, 4) is 0 Å². The summed E-state index contributed by atoms with van der Waals surface area (Å²) in [7, 11) is 0. The number of carbonyl (C=O) groups excluding carboxylic acids is 3. The van der Waals surface area contributed by atoms with Gasteiger partial charge in [0.2, 0.25) is 5.78 Å². The Balaban J connectivity index is 1.86. The molecule has 0 saturated heterocycles. The maximum Gasteiger partial charge on any atom is 0.416 e. The predicted molar refractivity (Wildman–Crippen MR) is 94.8 cm³/mol. The maximum absolute atomic E-state index is 12.5. The number of hydrogen-bond acceptors (Lipinski definition) is 4. The van der Waals surface area contributed by atoms with Crippen molar-refractivity contribution in [1.29, 1.82) is 0 Å². The van der Waals surface area contributed by atoms with Gasteiger partial charge >= 0.3 is 12.1 Å². The Morgan fingerprint density at radius 3 is 2.04 bits per heavy atom. The Labute approximate surface area is 159 Å². The predicted octanol–water partition coefficient (Wildman–Crippen LogP) is 3.56. The van der Waals surface area contributed by atoms with Gasteiger partial charge < -0.3 is 10.1 Å². The Morgan fingerprint density at radius 2 is 1.50 bits per heavy atom. The third-order valence-electron chi connectivity index (χ3n) is 3.88. The number of ether oxygens (including phenoxy) is 1. The molecule has 0 saturated carbocycles. The van der Waals surface area contributed by atoms with Crippen LogP contribution in [0.5, 0.6) is 0 Å². The van der Waals surface area contributed by atoms with E-state index >= 15 is 0 Å². The van der Waals surface area contributed by atoms with Crippen molar-refractivity contribution >= 4 is 17.7 Å². The first-order valence-corrected chi connectivity index (χ1v) is 8.34. The van der Waals surface area contributed by atoms with Crippen LogP contribution in [-0.2, 0) is 15.7 Å². The first-order valence-electron chi connectivity index (χ1n) is 8.34. The van der Waals surface area contributed by atoms with Gasteiger partial charge in [-0.1, -0.05) is 29.8 Å². The average molecular weight is 393 g/mol. The largest absolute Gasteiger partial charge is 0.453 e. The van der Waals surface area contributed by atoms with Crippen LogP contribution in [0.1, 0.15) is 38.8 Å². The monoisotopic (exact) mass is 393 g/mol. The highest BCUT2D eigenvalue weighted by Crippen LogP contribution is 2.29. The lowest BCUT2D eigenvalue weighted by Gasteiger charge is -2.13. The summed E-state index contributed by atoms with van der Waals surface area (Å²) in [5.41, 5.74) is 0.448. The highest BCUT2D eigenvalue weighted by atomic mass is 19.4. The zero-order valence-corrected chi connectivity index (χ0v) is 15.2. The van der Waals surface area contributed by atoms with Gasteiger partial charge in [-0.05, 0) is 38.1 Å². The number of ketones is 1. The Kier molecular flexibility index (Phi) is 6.56. The van der Waals surface area contributed by atoms with Crippen LogP contribution in [0.3, 0.4) is 0 Å². The summed E-state index contributed by atoms with van der Waals surface area (Å²) >= 11 is 0. The number of nitrogens with one attached hydrogen (secondary N) is 1. The summed E-state index contributed by atoms with van der Waals surface area (Å²) in [6.45, 7) is 2.76. The lowest BCUT2D eigenvalue weighted by Crippen LogP contribution is -2.34. The summed E-state index contributed by atoms with van der Waals surface area (Å²) in [4.78, 5) is 36.0. The van der Waals surface area contributed by atoms with Gasteiger partial charge in [0.15, 0.2) is 6.10 Å². The Hall–Kier alpha value is -3.16. The van der Waals surface area contributed by atoms with E-state index < -0.39 is 36.3 Å². The molecule has 2 rings (SSSR count). The highest BCUT2D eigenvalue weighted by molar-refractivity contribution is 6.00. The van der Waals surface area contributed by atoms with E-state index in [-0.39, 0.29) is 11.3 Å². The maximum atomic E-state index is 12.5. The van der Waals surface area contributed by atoms with Gasteiger partial charge in [0, 0.05) is 11.1 Å². The van der Waals surface area contributed by atoms with Crippen LogP contribution in [0.25, 0.3) is 0 Å². The van der Waals surface area contributed by atoms with E-state index in [1.807, 2.05) is 6.92 Å². The molecule has 1 N–H and O–H groups in total. The topological polar surface area (TPSA) is 72.5 Å². The summed E-state index contributed by atoms with van der Waals surface area (Å²) in [6, 6.07) is 10.3. The van der Waals surface area contributed by atoms with Crippen LogP contribution in [0.4, 0.5) is 13.2 Å². The first-order chi connectivity index (χ1) is 13.1. The fraction of sp³-hybridized carbons (Fsp3) is 0.250. The molecule has 0 aliphatic carbocycles. The molecular formula is C20H18F3NO4. The van der Waals surface area contributed by atoms with Crippen LogP contribution in [0.2, 0.25) is 0 Å². The van der Waals surface area contributed by atoms with E-state index in [1.165, 1.54) is 6.92 Å². The zero-order chi connectivity index (χ0) is 20.9. The van der Waals surface area contributed by atoms with Gasteiger partial charge in [-0.2, -0.15) is 13.2 Å². The number of amides is 1. The lowest BCUT2D eigenvalue weighted by atomic mass is 10.1. The van der Waals surface area contributed by atoms with E-state index in [9.17, 15) is 27.6 Å². The summed E-state index contributed by atoms with van der Waals surface area (Å²) < 4.78 is 42.5. The molecule has 0 unspecified atom stereocenters. The molecule has 5 nitrogen and oxygen atoms in total. The fourth-order valence-corrected chi connectivity index (χ4v) is 2.31. The molecule has 1 amide bonds. The molecule has 2 aromatic rings. The second-order valence-electron chi connectivity index (χ2n) is 6.12. The number of halogens is 3. The minimum Gasteiger partial charge on any atom is -0.453 e. The molecule has 0 fully saturated rings. The van der Waals surface area contributed by atoms with Crippen molar-refractivity contribution < 1.29 is 32.3 Å². The number of rotatable bonds is 6. The van der Waals surface area contributed by atoms with Gasteiger partial charge in [-0.3, -0.25) is 14.4 Å². The lowest BCUT2D eigenvalue weighted by molar-refractivity contribution is -0.145. The van der Waals surface area contributed by atoms with E-state index in [1.54, 1.807) is 24.3 Å². The summed E-state index contributed by atoms with van der Waals surface area (Å²) in [6.07, 6.45) is -5.54. The molecular weight excluding hydrogens is 375 g/mol. The van der Waals surface area contributed by atoms with Gasteiger partial charge in [0.25, 0.3) is 5.91 Å². The van der Waals surface area contributed by atoms with Crippen molar-refractivity contribution in [2.75, 3.05) is 6.54 Å². The van der Waals surface area contributed by atoms with Crippen LogP contribution >= 0.6 is 0 Å². The van der Waals surface area contributed by atoms with Crippen LogP contribution < -0.4 is 5.32 Å². The van der Waals surface area contributed by atoms with Crippen molar-refractivity contribution in [1.82, 2.24) is 5.32 Å². The van der Waals surface area contributed by atoms with E-state index in [2.05, 4.69) is 5.32 Å². The Morgan fingerprint density at radius 1 is 0.964 bits per heavy atom. The number of benzene rings is 2. The number of alkyl halides is 3. The van der Waals surface area contributed by atoms with Crippen LogP contribution in [-0.4, -0.2) is 30.3 Å². The third kappa shape index (κ3) is 5.67. The number of esters is 1. The molecule has 0 spiro atoms. The molecule has 0 radical (unpaired) electrons. The summed E-state index contributed by atoms with van der Waals surface area (Å²) in [5, 5.41) is 2.24. The quantitative estimate of drug-likeness (QED) is 0.602. The Bertz CT molecular complexity index is 859. The molecule has 8 heteroatoms. The molecule has 0 aliphatic rings. The van der Waals surface area contributed by atoms with Crippen molar-refractivity contribution in [2.24, 2.45) is 0 Å². The van der Waals surface area contributed by atoms with E-state index in [4.69, 9.17) is 4.74 Å². The number of aryl methyl sites for hydroxylation is 1. The van der Waals surface area contributed by atoms with E-state index in [0.717, 1.165) is 29.8 Å². The van der Waals surface area contributed by atoms with E-state index in [0.29, 0.717) is 5.56 Å². The smallest absolute Gasteiger partial charge is 0.416 e. The standard InChI is InChI=1S/C20H18F3NO4/c1-12-3-5-14(6-4-12)18(26)13(2)28-17(25)11-24-19(27)15-7-9-16(10-8-15)20(21,22)23/h3-10,13H,11H2,1-2H3,(H,24,27)/t13-/m0/s1. The highest BCUT2D eigenvalue weighted by Gasteiger charge is 2.30. The summed E-state index contributed by atoms with van der Waals surface area (Å²) in [5.74, 6) is -1.96. The van der Waals surface area contributed by atoms with Crippen LogP contribution in [0.15, 0.2) is 48.5 Å². The van der Waals surface area contributed by atoms with Crippen molar-refractivity contribution in [3.63, 3.8) is 0 Å². The molecule has 1 atom stereocenters. The zero-order valence-electron chi connectivity index (χ0n) is 15.2. The molecule has 2 aromatic carbocycles. The molecule has 148 valence electrons. The molecule has 28 heavy (non-hydrogen) atoms. The number of Topliss-reactive ketones (excluding diaryl/α,β-unsaturated/α-hetero) is 1. The third-order valence-corrected chi connectivity index (χ3v) is 3.88. The number of hydrogen-bond donors (Lipinski definition) is 1. The minimum atomic E-state index is -4.50. The normalized spacial score (nSPS) is 12.2. The van der Waals surface area contributed by atoms with Crippen molar-refractivity contribution in [2.45, 2.75) is 26.1 Å². The van der Waals surface area contributed by atoms with Gasteiger partial charge in [-0.15, -0.1) is 0 Å². The fourth-order valence-electron chi connectivity index (χ4n) is 2.31. The van der Waals surface area contributed by atoms with Gasteiger partial charge in [0.1, 0.15) is 6.54 Å². The molecule has 0 bridgehead atoms. The second-order valence-corrected chi connectivity index (χ2v) is 6.12. The average Bonchev–Trinajstić information content (AvgIpc) is 2.65. The molecule has 0 aromatic heterocycles. The molecule has 0 heterocycles. The molecule has 0 aliphatic heterocycles.